The monoisotopic (exact) mass is 245 g/mol. The Labute approximate surface area is 105 Å². The molecule has 0 aliphatic carbocycles. The Kier molecular flexibility index (Phi) is 9.34. The van der Waals surface area contributed by atoms with E-state index in [-0.39, 0.29) is 0 Å². The summed E-state index contributed by atoms with van der Waals surface area (Å²) in [4.78, 5) is 2.36. The molecule has 0 bridgehead atoms. The minimum atomic E-state index is 1.00. The third kappa shape index (κ3) is 8.43. The molecule has 0 atom stereocenters. The van der Waals surface area contributed by atoms with Crippen LogP contribution in [0, 0.1) is 0 Å². The molecule has 0 aromatic carbocycles. The fourth-order valence-electron chi connectivity index (χ4n) is 1.90. The van der Waals surface area contributed by atoms with Gasteiger partial charge in [-0.25, -0.2) is 0 Å². The second-order valence-corrected chi connectivity index (χ2v) is 5.87. The predicted molar refractivity (Wildman–Crippen MR) is 73.3 cm³/mol. The first-order valence-electron chi connectivity index (χ1n) is 6.73. The predicted octanol–water partition coefficient (Wildman–Crippen LogP) is 3.02. The number of ether oxygens (including phenoxy) is 1. The molecule has 0 N–H and O–H groups in total. The Morgan fingerprint density at radius 1 is 0.812 bits per heavy atom. The molecule has 3 heterocycles. The second-order valence-electron chi connectivity index (χ2n) is 4.65. The summed E-state index contributed by atoms with van der Waals surface area (Å²) >= 11 is 2.07. The van der Waals surface area contributed by atoms with E-state index in [4.69, 9.17) is 4.74 Å². The summed E-state index contributed by atoms with van der Waals surface area (Å²) in [5.41, 5.74) is 0. The summed E-state index contributed by atoms with van der Waals surface area (Å²) in [7, 11) is 2.17. The van der Waals surface area contributed by atoms with Crippen molar-refractivity contribution in [2.24, 2.45) is 0 Å². The van der Waals surface area contributed by atoms with Gasteiger partial charge in [0.25, 0.3) is 0 Å². The molecule has 3 fully saturated rings. The lowest BCUT2D eigenvalue weighted by molar-refractivity contribution is 0.198. The number of rotatable bonds is 0. The molecule has 0 unspecified atom stereocenters. The Balaban J connectivity index is 0.000000121. The summed E-state index contributed by atoms with van der Waals surface area (Å²) in [6, 6.07) is 0. The lowest BCUT2D eigenvalue weighted by Crippen LogP contribution is -2.10. The van der Waals surface area contributed by atoms with Gasteiger partial charge in [-0.05, 0) is 70.2 Å². The molecule has 0 amide bonds. The van der Waals surface area contributed by atoms with E-state index < -0.39 is 0 Å². The van der Waals surface area contributed by atoms with Crippen LogP contribution in [0.25, 0.3) is 0 Å². The molecule has 3 aliphatic rings. The van der Waals surface area contributed by atoms with Gasteiger partial charge in [0.05, 0.1) is 0 Å². The van der Waals surface area contributed by atoms with Crippen LogP contribution in [-0.4, -0.2) is 49.8 Å². The maximum Gasteiger partial charge on any atom is 0.0466 e. The summed E-state index contributed by atoms with van der Waals surface area (Å²) in [5, 5.41) is 0. The van der Waals surface area contributed by atoms with E-state index in [9.17, 15) is 0 Å². The number of nitrogens with zero attached hydrogens (tertiary/aromatic N) is 1. The van der Waals surface area contributed by atoms with Crippen LogP contribution in [0.4, 0.5) is 0 Å². The van der Waals surface area contributed by atoms with Crippen molar-refractivity contribution in [1.29, 1.82) is 0 Å². The van der Waals surface area contributed by atoms with Gasteiger partial charge in [-0.2, -0.15) is 11.8 Å². The van der Waals surface area contributed by atoms with Crippen LogP contribution in [0.1, 0.15) is 38.5 Å². The highest BCUT2D eigenvalue weighted by atomic mass is 32.2. The molecule has 0 aromatic heterocycles. The zero-order chi connectivity index (χ0) is 11.5. The zero-order valence-electron chi connectivity index (χ0n) is 10.7. The standard InChI is InChI=1S/C5H11N.C4H8O.C4H8S/c1-6-4-2-3-5-6;2*1-2-4-5-3-1/h2-5H2,1H3;2*1-4H2. The first-order chi connectivity index (χ1) is 7.89. The topological polar surface area (TPSA) is 12.5 Å². The first-order valence-corrected chi connectivity index (χ1v) is 7.89. The molecule has 3 heteroatoms. The van der Waals surface area contributed by atoms with Crippen molar-refractivity contribution < 1.29 is 4.74 Å². The second kappa shape index (κ2) is 10.4. The van der Waals surface area contributed by atoms with E-state index in [1.165, 1.54) is 63.1 Å². The molecule has 3 rings (SSSR count). The molecule has 3 saturated heterocycles. The Hall–Kier alpha value is 0.270. The summed E-state index contributed by atoms with van der Waals surface area (Å²) in [6.07, 6.45) is 8.31. The van der Waals surface area contributed by atoms with Crippen LogP contribution >= 0.6 is 11.8 Å². The molecule has 16 heavy (non-hydrogen) atoms. The first kappa shape index (κ1) is 14.3. The largest absolute Gasteiger partial charge is 0.381 e. The molecule has 3 aliphatic heterocycles. The lowest BCUT2D eigenvalue weighted by atomic mass is 10.4. The third-order valence-electron chi connectivity index (χ3n) is 2.98. The van der Waals surface area contributed by atoms with Crippen molar-refractivity contribution in [2.75, 3.05) is 44.9 Å². The van der Waals surface area contributed by atoms with E-state index in [1.54, 1.807) is 0 Å². The Bertz CT molecular complexity index is 116. The van der Waals surface area contributed by atoms with Gasteiger partial charge in [-0.3, -0.25) is 0 Å². The molecule has 96 valence electrons. The maximum absolute atomic E-state index is 4.94. The van der Waals surface area contributed by atoms with Gasteiger partial charge in [0.15, 0.2) is 0 Å². The van der Waals surface area contributed by atoms with Gasteiger partial charge in [0, 0.05) is 13.2 Å². The highest BCUT2D eigenvalue weighted by molar-refractivity contribution is 7.99. The highest BCUT2D eigenvalue weighted by Gasteiger charge is 2.03. The van der Waals surface area contributed by atoms with Crippen molar-refractivity contribution in [3.63, 3.8) is 0 Å². The molecule has 0 spiro atoms. The van der Waals surface area contributed by atoms with Gasteiger partial charge >= 0.3 is 0 Å². The van der Waals surface area contributed by atoms with Crippen molar-refractivity contribution >= 4 is 11.8 Å². The van der Waals surface area contributed by atoms with Crippen LogP contribution in [-0.2, 0) is 4.74 Å². The molecule has 0 radical (unpaired) electrons. The van der Waals surface area contributed by atoms with E-state index in [0.29, 0.717) is 0 Å². The fourth-order valence-corrected chi connectivity index (χ4v) is 2.92. The number of thioether (sulfide) groups is 1. The molecular formula is C13H27NOS. The Morgan fingerprint density at radius 2 is 1.38 bits per heavy atom. The minimum absolute atomic E-state index is 1.00. The Morgan fingerprint density at radius 3 is 1.56 bits per heavy atom. The van der Waals surface area contributed by atoms with Crippen molar-refractivity contribution in [3.05, 3.63) is 0 Å². The van der Waals surface area contributed by atoms with Gasteiger partial charge in [-0.15, -0.1) is 0 Å². The maximum atomic E-state index is 4.94. The summed E-state index contributed by atoms with van der Waals surface area (Å²) in [5.74, 6) is 2.83. The average Bonchev–Trinajstić information content (AvgIpc) is 3.07. The highest BCUT2D eigenvalue weighted by Crippen LogP contribution is 2.14. The van der Waals surface area contributed by atoms with Crippen molar-refractivity contribution in [1.82, 2.24) is 4.90 Å². The van der Waals surface area contributed by atoms with Gasteiger partial charge < -0.3 is 9.64 Å². The fraction of sp³-hybridized carbons (Fsp3) is 1.00. The van der Waals surface area contributed by atoms with Crippen LogP contribution < -0.4 is 0 Å². The molecule has 0 aromatic rings. The third-order valence-corrected chi connectivity index (χ3v) is 4.14. The van der Waals surface area contributed by atoms with Gasteiger partial charge in [0.1, 0.15) is 0 Å². The van der Waals surface area contributed by atoms with E-state index in [0.717, 1.165) is 13.2 Å². The quantitative estimate of drug-likeness (QED) is 0.651. The van der Waals surface area contributed by atoms with Gasteiger partial charge in [0.2, 0.25) is 0 Å². The summed E-state index contributed by atoms with van der Waals surface area (Å²) < 4.78 is 4.94. The molecule has 2 nitrogen and oxygen atoms in total. The van der Waals surface area contributed by atoms with Crippen molar-refractivity contribution in [3.8, 4) is 0 Å². The van der Waals surface area contributed by atoms with Gasteiger partial charge in [-0.1, -0.05) is 0 Å². The van der Waals surface area contributed by atoms with Crippen LogP contribution in [0.15, 0.2) is 0 Å². The molecular weight excluding hydrogens is 218 g/mol. The molecule has 0 saturated carbocycles. The van der Waals surface area contributed by atoms with Crippen LogP contribution in [0.5, 0.6) is 0 Å². The zero-order valence-corrected chi connectivity index (χ0v) is 11.6. The van der Waals surface area contributed by atoms with Crippen LogP contribution in [0.3, 0.4) is 0 Å². The SMILES string of the molecule is C1CCOC1.C1CCSC1.CN1CCCC1. The normalized spacial score (nSPS) is 24.6. The van der Waals surface area contributed by atoms with E-state index >= 15 is 0 Å². The minimum Gasteiger partial charge on any atom is -0.381 e. The number of likely N-dealkylation sites (tertiary alicyclic amines) is 1. The number of hydrogen-bond donors (Lipinski definition) is 0. The van der Waals surface area contributed by atoms with E-state index in [2.05, 4.69) is 23.7 Å². The average molecular weight is 245 g/mol. The van der Waals surface area contributed by atoms with Crippen LogP contribution in [0.2, 0.25) is 0 Å². The smallest absolute Gasteiger partial charge is 0.0466 e. The summed E-state index contributed by atoms with van der Waals surface area (Å²) in [6.45, 7) is 4.64. The van der Waals surface area contributed by atoms with E-state index in [1.807, 2.05) is 0 Å². The van der Waals surface area contributed by atoms with Crippen molar-refractivity contribution in [2.45, 2.75) is 38.5 Å². The number of hydrogen-bond acceptors (Lipinski definition) is 3. The lowest BCUT2D eigenvalue weighted by Gasteiger charge is -2.01.